The second-order valence-corrected chi connectivity index (χ2v) is 5.25. The van der Waals surface area contributed by atoms with Crippen molar-refractivity contribution in [3.63, 3.8) is 0 Å². The first-order chi connectivity index (χ1) is 8.63. The summed E-state index contributed by atoms with van der Waals surface area (Å²) in [6, 6.07) is 5.67. The van der Waals surface area contributed by atoms with Gasteiger partial charge in [0.25, 0.3) is 5.91 Å². The summed E-state index contributed by atoms with van der Waals surface area (Å²) in [4.78, 5) is 14.4. The number of rotatable bonds is 2. The third-order valence-corrected chi connectivity index (χ3v) is 3.86. The van der Waals surface area contributed by atoms with Gasteiger partial charge in [-0.1, -0.05) is 0 Å². The number of amides is 1. The van der Waals surface area contributed by atoms with E-state index < -0.39 is 0 Å². The summed E-state index contributed by atoms with van der Waals surface area (Å²) in [5.74, 6) is 0.749. The first-order valence-electron chi connectivity index (χ1n) is 5.98. The number of halogens is 1. The van der Waals surface area contributed by atoms with E-state index in [0.717, 1.165) is 24.1 Å². The van der Waals surface area contributed by atoms with E-state index in [4.69, 9.17) is 4.74 Å². The minimum Gasteiger partial charge on any atom is -0.497 e. The number of ether oxygens (including phenoxy) is 1. The average Bonchev–Trinajstić information content (AvgIpc) is 2.39. The van der Waals surface area contributed by atoms with Crippen LogP contribution in [-0.4, -0.2) is 43.6 Å². The number of nitrogens with zero attached hydrogens (tertiary/aromatic N) is 1. The highest BCUT2D eigenvalue weighted by atomic mass is 79.9. The predicted octanol–water partition coefficient (Wildman–Crippen LogP) is 1.89. The van der Waals surface area contributed by atoms with Crippen molar-refractivity contribution in [3.05, 3.63) is 28.2 Å². The van der Waals surface area contributed by atoms with Gasteiger partial charge in [-0.05, 0) is 41.1 Å². The maximum Gasteiger partial charge on any atom is 0.255 e. The zero-order valence-corrected chi connectivity index (χ0v) is 12.2. The maximum atomic E-state index is 12.5. The lowest BCUT2D eigenvalue weighted by Gasteiger charge is -2.34. The molecule has 1 unspecified atom stereocenters. The van der Waals surface area contributed by atoms with E-state index in [0.29, 0.717) is 11.3 Å². The van der Waals surface area contributed by atoms with Crippen LogP contribution in [0.3, 0.4) is 0 Å². The lowest BCUT2D eigenvalue weighted by molar-refractivity contribution is 0.0654. The Hall–Kier alpha value is -1.07. The van der Waals surface area contributed by atoms with Crippen molar-refractivity contribution in [2.45, 2.75) is 13.0 Å². The van der Waals surface area contributed by atoms with Gasteiger partial charge in [-0.3, -0.25) is 4.79 Å². The summed E-state index contributed by atoms with van der Waals surface area (Å²) < 4.78 is 5.97. The molecule has 2 rings (SSSR count). The van der Waals surface area contributed by atoms with E-state index in [1.807, 2.05) is 17.0 Å². The number of carbonyl (C=O) groups excluding carboxylic acids is 1. The molecule has 1 aromatic carbocycles. The zero-order valence-electron chi connectivity index (χ0n) is 10.6. The van der Waals surface area contributed by atoms with Crippen LogP contribution in [0.4, 0.5) is 0 Å². The van der Waals surface area contributed by atoms with E-state index in [-0.39, 0.29) is 11.9 Å². The summed E-state index contributed by atoms with van der Waals surface area (Å²) >= 11 is 3.43. The van der Waals surface area contributed by atoms with E-state index in [9.17, 15) is 4.79 Å². The standard InChI is InChI=1S/C13H17BrN2O2/c1-9-8-15-5-6-16(9)13(17)11-7-10(18-2)3-4-12(11)14/h3-4,7,9,15H,5-6,8H2,1-2H3. The Balaban J connectivity index is 2.27. The number of hydrogen-bond acceptors (Lipinski definition) is 3. The second-order valence-electron chi connectivity index (χ2n) is 4.40. The number of nitrogens with one attached hydrogen (secondary N) is 1. The number of methoxy groups -OCH3 is 1. The third-order valence-electron chi connectivity index (χ3n) is 3.17. The van der Waals surface area contributed by atoms with Gasteiger partial charge in [0, 0.05) is 30.1 Å². The molecule has 0 bridgehead atoms. The highest BCUT2D eigenvalue weighted by molar-refractivity contribution is 9.10. The number of carbonyl (C=O) groups is 1. The highest BCUT2D eigenvalue weighted by Crippen LogP contribution is 2.24. The van der Waals surface area contributed by atoms with Crippen molar-refractivity contribution in [2.75, 3.05) is 26.7 Å². The first-order valence-corrected chi connectivity index (χ1v) is 6.78. The van der Waals surface area contributed by atoms with Gasteiger partial charge in [-0.25, -0.2) is 0 Å². The third kappa shape index (κ3) is 2.67. The van der Waals surface area contributed by atoms with Gasteiger partial charge >= 0.3 is 0 Å². The predicted molar refractivity (Wildman–Crippen MR) is 74.1 cm³/mol. The fourth-order valence-corrected chi connectivity index (χ4v) is 2.51. The van der Waals surface area contributed by atoms with Crippen molar-refractivity contribution in [2.24, 2.45) is 0 Å². The van der Waals surface area contributed by atoms with Crippen LogP contribution in [-0.2, 0) is 0 Å². The Kier molecular flexibility index (Phi) is 4.24. The minimum atomic E-state index is 0.0507. The van der Waals surface area contributed by atoms with Gasteiger partial charge in [-0.2, -0.15) is 0 Å². The molecule has 1 heterocycles. The second kappa shape index (κ2) is 5.71. The van der Waals surface area contributed by atoms with Gasteiger partial charge in [0.2, 0.25) is 0 Å². The van der Waals surface area contributed by atoms with Crippen LogP contribution in [0.5, 0.6) is 5.75 Å². The summed E-state index contributed by atoms with van der Waals surface area (Å²) in [5, 5.41) is 3.28. The summed E-state index contributed by atoms with van der Waals surface area (Å²) in [7, 11) is 1.60. The van der Waals surface area contributed by atoms with Crippen LogP contribution >= 0.6 is 15.9 Å². The van der Waals surface area contributed by atoms with Crippen LogP contribution in [0.2, 0.25) is 0 Å². The fraction of sp³-hybridized carbons (Fsp3) is 0.462. The van der Waals surface area contributed by atoms with Crippen molar-refractivity contribution in [1.82, 2.24) is 10.2 Å². The van der Waals surface area contributed by atoms with Crippen molar-refractivity contribution in [1.29, 1.82) is 0 Å². The zero-order chi connectivity index (χ0) is 13.1. The molecule has 0 radical (unpaired) electrons. The molecule has 1 fully saturated rings. The molecule has 18 heavy (non-hydrogen) atoms. The van der Waals surface area contributed by atoms with Crippen LogP contribution in [0.25, 0.3) is 0 Å². The quantitative estimate of drug-likeness (QED) is 0.907. The average molecular weight is 313 g/mol. The fourth-order valence-electron chi connectivity index (χ4n) is 2.09. The molecular formula is C13H17BrN2O2. The molecule has 1 saturated heterocycles. The van der Waals surface area contributed by atoms with Crippen molar-refractivity contribution >= 4 is 21.8 Å². The minimum absolute atomic E-state index is 0.0507. The van der Waals surface area contributed by atoms with Gasteiger partial charge in [-0.15, -0.1) is 0 Å². The molecule has 0 saturated carbocycles. The van der Waals surface area contributed by atoms with Crippen LogP contribution < -0.4 is 10.1 Å². The molecule has 0 aliphatic carbocycles. The number of benzene rings is 1. The Morgan fingerprint density at radius 2 is 2.33 bits per heavy atom. The molecular weight excluding hydrogens is 296 g/mol. The van der Waals surface area contributed by atoms with E-state index >= 15 is 0 Å². The van der Waals surface area contributed by atoms with E-state index in [1.165, 1.54) is 0 Å². The first kappa shape index (κ1) is 13.4. The molecule has 1 atom stereocenters. The SMILES string of the molecule is COc1ccc(Br)c(C(=O)N2CCNCC2C)c1. The van der Waals surface area contributed by atoms with E-state index in [1.54, 1.807) is 13.2 Å². The number of hydrogen-bond donors (Lipinski definition) is 1. The molecule has 1 aromatic rings. The van der Waals surface area contributed by atoms with Gasteiger partial charge in [0.15, 0.2) is 0 Å². The largest absolute Gasteiger partial charge is 0.497 e. The lowest BCUT2D eigenvalue weighted by atomic mass is 10.1. The van der Waals surface area contributed by atoms with Crippen LogP contribution in [0.1, 0.15) is 17.3 Å². The lowest BCUT2D eigenvalue weighted by Crippen LogP contribution is -2.52. The summed E-state index contributed by atoms with van der Waals surface area (Å²) in [6.45, 7) is 4.48. The molecule has 0 aromatic heterocycles. The molecule has 5 heteroatoms. The van der Waals surface area contributed by atoms with Gasteiger partial charge < -0.3 is 15.0 Å². The van der Waals surface area contributed by atoms with Crippen LogP contribution in [0.15, 0.2) is 22.7 Å². The Labute approximate surface area is 115 Å². The van der Waals surface area contributed by atoms with E-state index in [2.05, 4.69) is 28.2 Å². The normalized spacial score (nSPS) is 19.7. The molecule has 1 N–H and O–H groups in total. The maximum absolute atomic E-state index is 12.5. The molecule has 1 amide bonds. The smallest absolute Gasteiger partial charge is 0.255 e. The van der Waals surface area contributed by atoms with Crippen LogP contribution in [0, 0.1) is 0 Å². The molecule has 0 spiro atoms. The Morgan fingerprint density at radius 3 is 3.00 bits per heavy atom. The molecule has 98 valence electrons. The summed E-state index contributed by atoms with van der Waals surface area (Å²) in [6.07, 6.45) is 0. The summed E-state index contributed by atoms with van der Waals surface area (Å²) in [5.41, 5.74) is 0.656. The van der Waals surface area contributed by atoms with Gasteiger partial charge in [0.05, 0.1) is 12.7 Å². The van der Waals surface area contributed by atoms with Crippen molar-refractivity contribution in [3.8, 4) is 5.75 Å². The molecule has 4 nitrogen and oxygen atoms in total. The Bertz CT molecular complexity index is 451. The topological polar surface area (TPSA) is 41.6 Å². The Morgan fingerprint density at radius 1 is 1.56 bits per heavy atom. The van der Waals surface area contributed by atoms with Crippen molar-refractivity contribution < 1.29 is 9.53 Å². The van der Waals surface area contributed by atoms with Gasteiger partial charge in [0.1, 0.15) is 5.75 Å². The molecule has 1 aliphatic rings. The monoisotopic (exact) mass is 312 g/mol. The highest BCUT2D eigenvalue weighted by Gasteiger charge is 2.25. The molecule has 1 aliphatic heterocycles. The number of piperazine rings is 1.